The second-order valence-electron chi connectivity index (χ2n) is 6.16. The lowest BCUT2D eigenvalue weighted by molar-refractivity contribution is -0.130. The van der Waals surface area contributed by atoms with Crippen LogP contribution in [0, 0.1) is 6.92 Å². The molecule has 0 spiro atoms. The molecule has 6 nitrogen and oxygen atoms in total. The van der Waals surface area contributed by atoms with Crippen molar-refractivity contribution in [3.05, 3.63) is 33.0 Å². The number of aromatic nitrogens is 1. The minimum atomic E-state index is -0.357. The lowest BCUT2D eigenvalue weighted by atomic mass is 10.3. The maximum absolute atomic E-state index is 12.5. The number of nitrogens with two attached hydrogens (primary N) is 1. The molecule has 0 atom stereocenters. The van der Waals surface area contributed by atoms with E-state index in [1.807, 2.05) is 11.8 Å². The number of primary amides is 1. The van der Waals surface area contributed by atoms with E-state index in [2.05, 4.69) is 27.4 Å². The maximum atomic E-state index is 12.5. The fourth-order valence-corrected chi connectivity index (χ4v) is 5.67. The quantitative estimate of drug-likeness (QED) is 0.706. The molecule has 0 bridgehead atoms. The predicted octanol–water partition coefficient (Wildman–Crippen LogP) is 1.98. The average molecular weight is 411 g/mol. The summed E-state index contributed by atoms with van der Waals surface area (Å²) in [4.78, 5) is 34.5. The van der Waals surface area contributed by atoms with E-state index in [1.165, 1.54) is 28.0 Å². The van der Waals surface area contributed by atoms with Crippen molar-refractivity contribution in [2.75, 3.05) is 31.9 Å². The SMILES string of the molecule is Cc1nc(SCC(=O)N2CCN(Cc3cccs3)CC2)sc1CC(N)=O. The Balaban J connectivity index is 1.44. The lowest BCUT2D eigenvalue weighted by Crippen LogP contribution is -2.48. The van der Waals surface area contributed by atoms with Gasteiger partial charge in [-0.15, -0.1) is 22.7 Å². The second kappa shape index (κ2) is 8.98. The highest BCUT2D eigenvalue weighted by Gasteiger charge is 2.22. The van der Waals surface area contributed by atoms with Crippen LogP contribution < -0.4 is 5.73 Å². The van der Waals surface area contributed by atoms with Gasteiger partial charge < -0.3 is 10.6 Å². The zero-order chi connectivity index (χ0) is 18.5. The fourth-order valence-electron chi connectivity index (χ4n) is 2.78. The number of aryl methyl sites for hydroxylation is 1. The Morgan fingerprint density at radius 1 is 1.31 bits per heavy atom. The van der Waals surface area contributed by atoms with Gasteiger partial charge in [-0.25, -0.2) is 4.98 Å². The van der Waals surface area contributed by atoms with Crippen molar-refractivity contribution in [1.82, 2.24) is 14.8 Å². The molecule has 0 aliphatic carbocycles. The maximum Gasteiger partial charge on any atom is 0.233 e. The van der Waals surface area contributed by atoms with Crippen molar-refractivity contribution < 1.29 is 9.59 Å². The van der Waals surface area contributed by atoms with Gasteiger partial charge in [-0.1, -0.05) is 17.8 Å². The molecule has 3 heterocycles. The normalized spacial score (nSPS) is 15.3. The monoisotopic (exact) mass is 410 g/mol. The van der Waals surface area contributed by atoms with Crippen LogP contribution in [0.25, 0.3) is 0 Å². The highest BCUT2D eigenvalue weighted by atomic mass is 32.2. The van der Waals surface area contributed by atoms with Gasteiger partial charge in [0.1, 0.15) is 0 Å². The highest BCUT2D eigenvalue weighted by molar-refractivity contribution is 8.01. The molecule has 1 aliphatic rings. The lowest BCUT2D eigenvalue weighted by Gasteiger charge is -2.34. The third-order valence-electron chi connectivity index (χ3n) is 4.21. The molecule has 26 heavy (non-hydrogen) atoms. The number of thiazole rings is 1. The first kappa shape index (κ1) is 19.3. The number of carbonyl (C=O) groups excluding carboxylic acids is 2. The number of hydrogen-bond acceptors (Lipinski definition) is 7. The number of nitrogens with zero attached hydrogens (tertiary/aromatic N) is 3. The van der Waals surface area contributed by atoms with Gasteiger partial charge in [0, 0.05) is 42.5 Å². The molecule has 2 aromatic heterocycles. The molecular formula is C17H22N4O2S3. The summed E-state index contributed by atoms with van der Waals surface area (Å²) in [6.07, 6.45) is 0.213. The van der Waals surface area contributed by atoms with Crippen LogP contribution in [0.3, 0.4) is 0 Å². The summed E-state index contributed by atoms with van der Waals surface area (Å²) in [6, 6.07) is 4.23. The molecule has 0 saturated carbocycles. The summed E-state index contributed by atoms with van der Waals surface area (Å²) in [5.74, 6) is 0.174. The number of hydrogen-bond donors (Lipinski definition) is 1. The number of thiophene rings is 1. The van der Waals surface area contributed by atoms with Gasteiger partial charge in [-0.3, -0.25) is 14.5 Å². The number of amides is 2. The first-order valence-corrected chi connectivity index (χ1v) is 11.1. The fraction of sp³-hybridized carbons (Fsp3) is 0.471. The van der Waals surface area contributed by atoms with Crippen LogP contribution in [0.1, 0.15) is 15.4 Å². The number of carbonyl (C=O) groups is 2. The Hall–Kier alpha value is -1.42. The van der Waals surface area contributed by atoms with Gasteiger partial charge in [0.05, 0.1) is 17.9 Å². The van der Waals surface area contributed by atoms with E-state index in [4.69, 9.17) is 5.73 Å². The van der Waals surface area contributed by atoms with E-state index >= 15 is 0 Å². The first-order valence-electron chi connectivity index (χ1n) is 8.41. The van der Waals surface area contributed by atoms with Gasteiger partial charge >= 0.3 is 0 Å². The van der Waals surface area contributed by atoms with Crippen LogP contribution in [-0.2, 0) is 22.6 Å². The van der Waals surface area contributed by atoms with Gasteiger partial charge in [-0.2, -0.15) is 0 Å². The second-order valence-corrected chi connectivity index (χ2v) is 9.49. The average Bonchev–Trinajstić information content (AvgIpc) is 3.23. The molecule has 0 radical (unpaired) electrons. The minimum Gasteiger partial charge on any atom is -0.369 e. The number of rotatable bonds is 7. The van der Waals surface area contributed by atoms with E-state index in [1.54, 1.807) is 11.3 Å². The zero-order valence-electron chi connectivity index (χ0n) is 14.6. The van der Waals surface area contributed by atoms with E-state index in [0.717, 1.165) is 47.6 Å². The van der Waals surface area contributed by atoms with E-state index in [0.29, 0.717) is 5.75 Å². The summed E-state index contributed by atoms with van der Waals surface area (Å²) in [6.45, 7) is 6.20. The third-order valence-corrected chi connectivity index (χ3v) is 7.36. The molecule has 2 aromatic rings. The van der Waals surface area contributed by atoms with Crippen molar-refractivity contribution in [1.29, 1.82) is 0 Å². The molecule has 1 saturated heterocycles. The molecule has 1 fully saturated rings. The summed E-state index contributed by atoms with van der Waals surface area (Å²) in [7, 11) is 0. The van der Waals surface area contributed by atoms with Crippen LogP contribution >= 0.6 is 34.4 Å². The van der Waals surface area contributed by atoms with Gasteiger partial charge in [0.25, 0.3) is 0 Å². The van der Waals surface area contributed by atoms with Crippen LogP contribution in [0.2, 0.25) is 0 Å². The largest absolute Gasteiger partial charge is 0.369 e. The molecule has 0 aromatic carbocycles. The molecule has 2 amide bonds. The Bertz CT molecular complexity index is 752. The standard InChI is InChI=1S/C17H22N4O2S3/c1-12-14(9-15(18)22)26-17(19-12)25-11-16(23)21-6-4-20(5-7-21)10-13-3-2-8-24-13/h2-3,8H,4-7,9-11H2,1H3,(H2,18,22). The summed E-state index contributed by atoms with van der Waals surface area (Å²) in [5.41, 5.74) is 6.07. The Kier molecular flexibility index (Phi) is 6.68. The molecule has 140 valence electrons. The Morgan fingerprint density at radius 3 is 2.73 bits per heavy atom. The molecule has 3 rings (SSSR count). The van der Waals surface area contributed by atoms with Crippen molar-refractivity contribution in [3.63, 3.8) is 0 Å². The van der Waals surface area contributed by atoms with Gasteiger partial charge in [0.2, 0.25) is 11.8 Å². The number of thioether (sulfide) groups is 1. The molecule has 0 unspecified atom stereocenters. The Morgan fingerprint density at radius 2 is 2.08 bits per heavy atom. The van der Waals surface area contributed by atoms with Crippen LogP contribution in [-0.4, -0.2) is 58.5 Å². The molecule has 9 heteroatoms. The molecule has 2 N–H and O–H groups in total. The van der Waals surface area contributed by atoms with Crippen LogP contribution in [0.15, 0.2) is 21.9 Å². The summed E-state index contributed by atoms with van der Waals surface area (Å²) < 4.78 is 0.823. The highest BCUT2D eigenvalue weighted by Crippen LogP contribution is 2.27. The third kappa shape index (κ3) is 5.29. The van der Waals surface area contributed by atoms with E-state index in [9.17, 15) is 9.59 Å². The minimum absolute atomic E-state index is 0.148. The van der Waals surface area contributed by atoms with Gasteiger partial charge in [-0.05, 0) is 18.4 Å². The summed E-state index contributed by atoms with van der Waals surface area (Å²) in [5, 5.41) is 2.10. The summed E-state index contributed by atoms with van der Waals surface area (Å²) >= 11 is 4.67. The van der Waals surface area contributed by atoms with Crippen molar-refractivity contribution in [2.45, 2.75) is 24.2 Å². The van der Waals surface area contributed by atoms with Crippen molar-refractivity contribution in [2.24, 2.45) is 5.73 Å². The van der Waals surface area contributed by atoms with Crippen LogP contribution in [0.5, 0.6) is 0 Å². The molecular weight excluding hydrogens is 388 g/mol. The topological polar surface area (TPSA) is 79.5 Å². The number of piperazine rings is 1. The molecule has 1 aliphatic heterocycles. The Labute approximate surface area is 165 Å². The van der Waals surface area contributed by atoms with Gasteiger partial charge in [0.15, 0.2) is 4.34 Å². The smallest absolute Gasteiger partial charge is 0.233 e. The van der Waals surface area contributed by atoms with Crippen molar-refractivity contribution >= 4 is 46.2 Å². The zero-order valence-corrected chi connectivity index (χ0v) is 17.1. The van der Waals surface area contributed by atoms with Crippen LogP contribution in [0.4, 0.5) is 0 Å². The van der Waals surface area contributed by atoms with E-state index in [-0.39, 0.29) is 18.2 Å². The first-order chi connectivity index (χ1) is 12.5. The van der Waals surface area contributed by atoms with Crippen molar-refractivity contribution in [3.8, 4) is 0 Å². The van der Waals surface area contributed by atoms with E-state index < -0.39 is 0 Å². The predicted molar refractivity (Wildman–Crippen MR) is 107 cm³/mol.